The molecule has 0 amide bonds. The van der Waals surface area contributed by atoms with E-state index in [9.17, 15) is 22.4 Å². The van der Waals surface area contributed by atoms with Crippen molar-refractivity contribution in [2.75, 3.05) is 11.4 Å². The lowest BCUT2D eigenvalue weighted by Gasteiger charge is -2.30. The van der Waals surface area contributed by atoms with Gasteiger partial charge in [-0.1, -0.05) is 0 Å². The Balaban J connectivity index is 1.41. The van der Waals surface area contributed by atoms with Gasteiger partial charge in [-0.05, 0) is 68.1 Å². The van der Waals surface area contributed by atoms with E-state index in [0.717, 1.165) is 42.5 Å². The van der Waals surface area contributed by atoms with Crippen LogP contribution >= 0.6 is 0 Å². The number of nitrogens with zero attached hydrogens (tertiary/aromatic N) is 4. The van der Waals surface area contributed by atoms with Gasteiger partial charge in [0, 0.05) is 35.8 Å². The van der Waals surface area contributed by atoms with E-state index in [4.69, 9.17) is 4.98 Å². The number of ketones is 1. The summed E-state index contributed by atoms with van der Waals surface area (Å²) in [6.45, 7) is 0.524. The molecule has 0 atom stereocenters. The fraction of sp³-hybridized carbons (Fsp3) is 0.333. The number of carbonyl (C=O) groups is 1. The summed E-state index contributed by atoms with van der Waals surface area (Å²) in [4.78, 5) is 26.4. The molecule has 0 radical (unpaired) electrons. The van der Waals surface area contributed by atoms with Crippen molar-refractivity contribution in [1.29, 1.82) is 0 Å². The van der Waals surface area contributed by atoms with Crippen LogP contribution in [0.2, 0.25) is 0 Å². The molecule has 33 heavy (non-hydrogen) atoms. The second kappa shape index (κ2) is 7.90. The number of alkyl halides is 3. The van der Waals surface area contributed by atoms with Gasteiger partial charge in [-0.3, -0.25) is 9.78 Å². The number of fused-ring (bicyclic) bond motifs is 1. The highest BCUT2D eigenvalue weighted by Crippen LogP contribution is 2.51. The Kier molecular flexibility index (Phi) is 5.14. The van der Waals surface area contributed by atoms with Gasteiger partial charge < -0.3 is 4.90 Å². The van der Waals surface area contributed by atoms with Crippen LogP contribution in [0.4, 0.5) is 29.1 Å². The predicted octanol–water partition coefficient (Wildman–Crippen LogP) is 5.42. The second-order valence-corrected chi connectivity index (χ2v) is 8.54. The lowest BCUT2D eigenvalue weighted by atomic mass is 9.91. The van der Waals surface area contributed by atoms with Gasteiger partial charge >= 0.3 is 6.18 Å². The minimum Gasteiger partial charge on any atom is -0.325 e. The van der Waals surface area contributed by atoms with Crippen molar-refractivity contribution in [3.63, 3.8) is 0 Å². The zero-order chi connectivity index (χ0) is 23.2. The summed E-state index contributed by atoms with van der Waals surface area (Å²) in [5.74, 6) is -1.44. The molecule has 0 unspecified atom stereocenters. The van der Waals surface area contributed by atoms with Crippen LogP contribution in [0.3, 0.4) is 0 Å². The second-order valence-electron chi connectivity index (χ2n) is 8.54. The zero-order valence-electron chi connectivity index (χ0n) is 17.6. The minimum atomic E-state index is -4.62. The van der Waals surface area contributed by atoms with E-state index in [1.165, 1.54) is 30.3 Å². The predicted molar refractivity (Wildman–Crippen MR) is 113 cm³/mol. The molecule has 2 aliphatic rings. The van der Waals surface area contributed by atoms with Crippen molar-refractivity contribution in [2.24, 2.45) is 0 Å². The summed E-state index contributed by atoms with van der Waals surface area (Å²) in [7, 11) is 0. The third kappa shape index (κ3) is 4.19. The maximum atomic E-state index is 13.2. The van der Waals surface area contributed by atoms with Crippen molar-refractivity contribution in [1.82, 2.24) is 15.0 Å². The van der Waals surface area contributed by atoms with E-state index in [1.54, 1.807) is 4.90 Å². The van der Waals surface area contributed by atoms with Gasteiger partial charge in [0.2, 0.25) is 5.82 Å². The fourth-order valence-electron chi connectivity index (χ4n) is 4.34. The molecule has 5 nitrogen and oxygen atoms in total. The van der Waals surface area contributed by atoms with Crippen LogP contribution < -0.4 is 4.90 Å². The summed E-state index contributed by atoms with van der Waals surface area (Å²) in [6, 6.07) is 10.7. The smallest absolute Gasteiger partial charge is 0.325 e. The van der Waals surface area contributed by atoms with Crippen LogP contribution in [0.25, 0.3) is 0 Å². The summed E-state index contributed by atoms with van der Waals surface area (Å²) in [6.07, 6.45) is -0.148. The average molecular weight is 456 g/mol. The summed E-state index contributed by atoms with van der Waals surface area (Å²) in [5.41, 5.74) is 2.44. The van der Waals surface area contributed by atoms with E-state index >= 15 is 0 Å². The Morgan fingerprint density at radius 1 is 1.03 bits per heavy atom. The van der Waals surface area contributed by atoms with Crippen molar-refractivity contribution in [3.05, 3.63) is 77.3 Å². The van der Waals surface area contributed by atoms with Gasteiger partial charge in [-0.15, -0.1) is 0 Å². The summed E-state index contributed by atoms with van der Waals surface area (Å²) in [5, 5.41) is 0. The van der Waals surface area contributed by atoms with E-state index in [-0.39, 0.29) is 29.3 Å². The number of benzene rings is 1. The van der Waals surface area contributed by atoms with Crippen LogP contribution in [-0.4, -0.2) is 27.3 Å². The molecule has 5 rings (SSSR count). The Morgan fingerprint density at radius 3 is 2.48 bits per heavy atom. The first kappa shape index (κ1) is 21.5. The standard InChI is InChI=1S/C24H20F4N4O/c25-16-5-3-15(4-6-16)19(33)14-23(10-11-23)20-8-7-18-17(30-20)2-1-13-32(18)21-9-12-29-22(31-21)24(26,27)28/h3-9,12H,1-2,10-11,13-14H2. The topological polar surface area (TPSA) is 59.0 Å². The Morgan fingerprint density at radius 2 is 1.79 bits per heavy atom. The van der Waals surface area contributed by atoms with Crippen LogP contribution in [-0.2, 0) is 18.0 Å². The third-order valence-corrected chi connectivity index (χ3v) is 6.27. The lowest BCUT2D eigenvalue weighted by Crippen LogP contribution is -2.28. The molecule has 1 aliphatic heterocycles. The molecule has 1 saturated carbocycles. The molecule has 0 bridgehead atoms. The number of carbonyl (C=O) groups excluding carboxylic acids is 1. The molecule has 1 aliphatic carbocycles. The molecule has 9 heteroatoms. The molecule has 0 spiro atoms. The highest BCUT2D eigenvalue weighted by molar-refractivity contribution is 5.97. The largest absolute Gasteiger partial charge is 0.451 e. The number of aromatic nitrogens is 3. The fourth-order valence-corrected chi connectivity index (χ4v) is 4.34. The number of rotatable bonds is 5. The monoisotopic (exact) mass is 456 g/mol. The maximum Gasteiger partial charge on any atom is 0.451 e. The number of hydrogen-bond donors (Lipinski definition) is 0. The van der Waals surface area contributed by atoms with E-state index in [0.29, 0.717) is 18.5 Å². The lowest BCUT2D eigenvalue weighted by molar-refractivity contribution is -0.144. The first-order valence-electron chi connectivity index (χ1n) is 10.7. The van der Waals surface area contributed by atoms with Crippen LogP contribution in [0.15, 0.2) is 48.7 Å². The quantitative estimate of drug-likeness (QED) is 0.379. The van der Waals surface area contributed by atoms with Gasteiger partial charge in [0.15, 0.2) is 5.78 Å². The highest BCUT2D eigenvalue weighted by Gasteiger charge is 2.47. The molecule has 3 heterocycles. The molecule has 3 aromatic rings. The molecule has 2 aromatic heterocycles. The number of Topliss-reactive ketones (excluding diaryl/α,β-unsaturated/α-hetero) is 1. The van der Waals surface area contributed by atoms with Gasteiger partial charge in [-0.2, -0.15) is 13.2 Å². The van der Waals surface area contributed by atoms with Crippen LogP contribution in [0.5, 0.6) is 0 Å². The first-order chi connectivity index (χ1) is 15.7. The number of halogens is 4. The SMILES string of the molecule is O=C(CC1(c2ccc3c(n2)CCCN3c2ccnc(C(F)(F)F)n2)CC1)c1ccc(F)cc1. The highest BCUT2D eigenvalue weighted by atomic mass is 19.4. The third-order valence-electron chi connectivity index (χ3n) is 6.27. The van der Waals surface area contributed by atoms with Crippen molar-refractivity contribution < 1.29 is 22.4 Å². The van der Waals surface area contributed by atoms with Gasteiger partial charge in [0.1, 0.15) is 11.6 Å². The van der Waals surface area contributed by atoms with Crippen molar-refractivity contribution in [2.45, 2.75) is 43.7 Å². The molecular weight excluding hydrogens is 436 g/mol. The number of aryl methyl sites for hydroxylation is 1. The first-order valence-corrected chi connectivity index (χ1v) is 10.7. The Bertz CT molecular complexity index is 1210. The summed E-state index contributed by atoms with van der Waals surface area (Å²) < 4.78 is 52.4. The van der Waals surface area contributed by atoms with E-state index < -0.39 is 12.0 Å². The number of hydrogen-bond acceptors (Lipinski definition) is 5. The average Bonchev–Trinajstić information content (AvgIpc) is 3.59. The summed E-state index contributed by atoms with van der Waals surface area (Å²) >= 11 is 0. The number of pyridine rings is 1. The Hall–Kier alpha value is -3.36. The Labute approximate surface area is 187 Å². The zero-order valence-corrected chi connectivity index (χ0v) is 17.6. The molecule has 170 valence electrons. The van der Waals surface area contributed by atoms with Crippen molar-refractivity contribution >= 4 is 17.3 Å². The molecule has 1 aromatic carbocycles. The maximum absolute atomic E-state index is 13.2. The molecule has 0 N–H and O–H groups in total. The molecule has 1 fully saturated rings. The van der Waals surface area contributed by atoms with Crippen LogP contribution in [0, 0.1) is 5.82 Å². The normalized spacial score (nSPS) is 16.9. The van der Waals surface area contributed by atoms with E-state index in [1.807, 2.05) is 12.1 Å². The van der Waals surface area contributed by atoms with Gasteiger partial charge in [0.05, 0.1) is 11.4 Å². The minimum absolute atomic E-state index is 0.0608. The van der Waals surface area contributed by atoms with Gasteiger partial charge in [0.25, 0.3) is 0 Å². The van der Waals surface area contributed by atoms with E-state index in [2.05, 4.69) is 9.97 Å². The molecular formula is C24H20F4N4O. The van der Waals surface area contributed by atoms with Crippen molar-refractivity contribution in [3.8, 4) is 0 Å². The van der Waals surface area contributed by atoms with Gasteiger partial charge in [-0.25, -0.2) is 14.4 Å². The molecule has 0 saturated heterocycles. The van der Waals surface area contributed by atoms with Crippen LogP contribution in [0.1, 0.15) is 53.3 Å². The number of anilines is 2.